The Hall–Kier alpha value is -4.82. The summed E-state index contributed by atoms with van der Waals surface area (Å²) in [4.78, 5) is 0. The molecule has 1 aromatic heterocycles. The zero-order chi connectivity index (χ0) is 25.6. The monoisotopic (exact) mass is 489 g/mol. The molecule has 0 saturated carbocycles. The average molecular weight is 490 g/mol. The third-order valence-corrected chi connectivity index (χ3v) is 7.53. The van der Waals surface area contributed by atoms with Gasteiger partial charge >= 0.3 is 0 Å². The topological polar surface area (TPSA) is 25.2 Å². The minimum absolute atomic E-state index is 0.882. The summed E-state index contributed by atoms with van der Waals surface area (Å²) in [7, 11) is 0. The fraction of sp³-hybridized carbons (Fsp3) is 0.0556. The Kier molecular flexibility index (Phi) is 5.26. The predicted octanol–water partition coefficient (Wildman–Crippen LogP) is 10.4. The molecule has 0 saturated heterocycles. The molecule has 182 valence electrons. The van der Waals surface area contributed by atoms with Crippen molar-refractivity contribution in [2.24, 2.45) is 0 Å². The normalized spacial score (nSPS) is 11.4. The summed E-state index contributed by atoms with van der Waals surface area (Å²) in [5, 5.41) is 8.37. The first kappa shape index (κ1) is 22.4. The van der Waals surface area contributed by atoms with E-state index in [0.29, 0.717) is 0 Å². The van der Waals surface area contributed by atoms with E-state index in [2.05, 4.69) is 128 Å². The van der Waals surface area contributed by atoms with E-state index in [0.717, 1.165) is 33.3 Å². The number of rotatable bonds is 4. The Labute approximate surface area is 222 Å². The van der Waals surface area contributed by atoms with E-state index in [9.17, 15) is 0 Å². The second kappa shape index (κ2) is 8.93. The smallest absolute Gasteiger partial charge is 0.137 e. The van der Waals surface area contributed by atoms with Crippen molar-refractivity contribution in [2.75, 3.05) is 5.32 Å². The Morgan fingerprint density at radius 2 is 1.26 bits per heavy atom. The SMILES string of the molecule is Cc1cccc(C)c1-c1ccc(Nc2cccc3oc4ccc(-c5cccc6ccccc56)cc4c23)cc1. The summed E-state index contributed by atoms with van der Waals surface area (Å²) in [6.45, 7) is 4.34. The highest BCUT2D eigenvalue weighted by Gasteiger charge is 2.14. The van der Waals surface area contributed by atoms with Gasteiger partial charge in [-0.25, -0.2) is 0 Å². The standard InChI is InChI=1S/C36H27NO/c1-23-8-5-9-24(2)35(23)26-16-19-28(20-17-26)37-32-14-7-15-34-36(32)31-22-27(18-21-33(31)38-34)30-13-6-11-25-10-3-4-12-29(25)30/h3-22,37H,1-2H3. The van der Waals surface area contributed by atoms with Crippen molar-refractivity contribution in [1.82, 2.24) is 0 Å². The van der Waals surface area contributed by atoms with Crippen LogP contribution >= 0.6 is 0 Å². The van der Waals surface area contributed by atoms with Crippen LogP contribution < -0.4 is 5.32 Å². The molecule has 0 unspecified atom stereocenters. The highest BCUT2D eigenvalue weighted by molar-refractivity contribution is 6.13. The first-order chi connectivity index (χ1) is 18.7. The van der Waals surface area contributed by atoms with Gasteiger partial charge in [-0.15, -0.1) is 0 Å². The molecule has 0 aliphatic carbocycles. The lowest BCUT2D eigenvalue weighted by Gasteiger charge is -2.12. The van der Waals surface area contributed by atoms with E-state index in [4.69, 9.17) is 4.42 Å². The fourth-order valence-corrected chi connectivity index (χ4v) is 5.72. The van der Waals surface area contributed by atoms with Crippen LogP contribution in [0, 0.1) is 13.8 Å². The van der Waals surface area contributed by atoms with E-state index in [1.807, 2.05) is 12.1 Å². The number of hydrogen-bond donors (Lipinski definition) is 1. The van der Waals surface area contributed by atoms with Gasteiger partial charge in [0, 0.05) is 11.1 Å². The van der Waals surface area contributed by atoms with Gasteiger partial charge in [-0.2, -0.15) is 0 Å². The molecular weight excluding hydrogens is 462 g/mol. The number of benzene rings is 6. The molecule has 0 fully saturated rings. The number of nitrogens with one attached hydrogen (secondary N) is 1. The first-order valence-corrected chi connectivity index (χ1v) is 13.0. The summed E-state index contributed by atoms with van der Waals surface area (Å²) in [5.41, 5.74) is 11.4. The third-order valence-electron chi connectivity index (χ3n) is 7.53. The summed E-state index contributed by atoms with van der Waals surface area (Å²) >= 11 is 0. The molecule has 7 aromatic rings. The van der Waals surface area contributed by atoms with Gasteiger partial charge in [-0.1, -0.05) is 84.9 Å². The zero-order valence-electron chi connectivity index (χ0n) is 21.5. The van der Waals surface area contributed by atoms with Gasteiger partial charge in [0.05, 0.1) is 11.1 Å². The van der Waals surface area contributed by atoms with Crippen LogP contribution in [-0.2, 0) is 0 Å². The third kappa shape index (κ3) is 3.74. The van der Waals surface area contributed by atoms with Crippen LogP contribution in [0.25, 0.3) is 55.0 Å². The predicted molar refractivity (Wildman–Crippen MR) is 161 cm³/mol. The number of aryl methyl sites for hydroxylation is 2. The van der Waals surface area contributed by atoms with Crippen molar-refractivity contribution in [3.8, 4) is 22.3 Å². The van der Waals surface area contributed by atoms with Gasteiger partial charge in [0.25, 0.3) is 0 Å². The molecule has 0 aliphatic rings. The lowest BCUT2D eigenvalue weighted by Crippen LogP contribution is -1.92. The minimum atomic E-state index is 0.882. The maximum absolute atomic E-state index is 6.27. The molecular formula is C36H27NO. The minimum Gasteiger partial charge on any atom is -0.456 e. The number of fused-ring (bicyclic) bond motifs is 4. The van der Waals surface area contributed by atoms with Crippen molar-refractivity contribution in [1.29, 1.82) is 0 Å². The van der Waals surface area contributed by atoms with Gasteiger partial charge in [-0.05, 0) is 94.4 Å². The molecule has 7 rings (SSSR count). The van der Waals surface area contributed by atoms with Crippen LogP contribution in [0.4, 0.5) is 11.4 Å². The summed E-state index contributed by atoms with van der Waals surface area (Å²) in [6.07, 6.45) is 0. The van der Waals surface area contributed by atoms with Crippen LogP contribution in [0.1, 0.15) is 11.1 Å². The Morgan fingerprint density at radius 1 is 0.553 bits per heavy atom. The van der Waals surface area contributed by atoms with E-state index in [-0.39, 0.29) is 0 Å². The number of furan rings is 1. The maximum Gasteiger partial charge on any atom is 0.137 e. The van der Waals surface area contributed by atoms with Crippen LogP contribution in [0.2, 0.25) is 0 Å². The van der Waals surface area contributed by atoms with E-state index >= 15 is 0 Å². The number of anilines is 2. The van der Waals surface area contributed by atoms with Gasteiger partial charge in [-0.3, -0.25) is 0 Å². The van der Waals surface area contributed by atoms with E-state index < -0.39 is 0 Å². The molecule has 2 heteroatoms. The van der Waals surface area contributed by atoms with Crippen LogP contribution in [-0.4, -0.2) is 0 Å². The Balaban J connectivity index is 1.31. The molecule has 0 radical (unpaired) electrons. The first-order valence-electron chi connectivity index (χ1n) is 13.0. The quantitative estimate of drug-likeness (QED) is 0.266. The highest BCUT2D eigenvalue weighted by atomic mass is 16.3. The van der Waals surface area contributed by atoms with Gasteiger partial charge < -0.3 is 9.73 Å². The molecule has 0 bridgehead atoms. The van der Waals surface area contributed by atoms with Crippen LogP contribution in [0.15, 0.2) is 126 Å². The van der Waals surface area contributed by atoms with Crippen molar-refractivity contribution < 1.29 is 4.42 Å². The zero-order valence-corrected chi connectivity index (χ0v) is 21.5. The second-order valence-electron chi connectivity index (χ2n) is 9.99. The van der Waals surface area contributed by atoms with Gasteiger partial charge in [0.15, 0.2) is 0 Å². The van der Waals surface area contributed by atoms with E-state index in [1.165, 1.54) is 44.2 Å². The lowest BCUT2D eigenvalue weighted by atomic mass is 9.96. The Bertz CT molecular complexity index is 1940. The van der Waals surface area contributed by atoms with Crippen LogP contribution in [0.5, 0.6) is 0 Å². The maximum atomic E-state index is 6.27. The molecule has 0 atom stereocenters. The highest BCUT2D eigenvalue weighted by Crippen LogP contribution is 2.39. The number of hydrogen-bond acceptors (Lipinski definition) is 2. The molecule has 2 nitrogen and oxygen atoms in total. The van der Waals surface area contributed by atoms with Crippen LogP contribution in [0.3, 0.4) is 0 Å². The van der Waals surface area contributed by atoms with Gasteiger partial charge in [0.1, 0.15) is 11.2 Å². The summed E-state index contributed by atoms with van der Waals surface area (Å²) in [5.74, 6) is 0. The van der Waals surface area contributed by atoms with Crippen molar-refractivity contribution in [3.63, 3.8) is 0 Å². The second-order valence-corrected chi connectivity index (χ2v) is 9.99. The van der Waals surface area contributed by atoms with E-state index in [1.54, 1.807) is 0 Å². The van der Waals surface area contributed by atoms with Crippen molar-refractivity contribution in [2.45, 2.75) is 13.8 Å². The molecule has 38 heavy (non-hydrogen) atoms. The lowest BCUT2D eigenvalue weighted by molar-refractivity contribution is 0.669. The van der Waals surface area contributed by atoms with Crippen molar-refractivity contribution in [3.05, 3.63) is 132 Å². The Morgan fingerprint density at radius 3 is 2.11 bits per heavy atom. The molecule has 1 N–H and O–H groups in total. The van der Waals surface area contributed by atoms with Gasteiger partial charge in [0.2, 0.25) is 0 Å². The largest absolute Gasteiger partial charge is 0.456 e. The molecule has 6 aromatic carbocycles. The fourth-order valence-electron chi connectivity index (χ4n) is 5.72. The summed E-state index contributed by atoms with van der Waals surface area (Å²) in [6, 6.07) is 42.9. The molecule has 1 heterocycles. The molecule has 0 spiro atoms. The van der Waals surface area contributed by atoms with Crippen molar-refractivity contribution >= 4 is 44.1 Å². The molecule has 0 amide bonds. The molecule has 0 aliphatic heterocycles. The average Bonchev–Trinajstić information content (AvgIpc) is 3.32. The summed E-state index contributed by atoms with van der Waals surface area (Å²) < 4.78 is 6.27.